The monoisotopic (exact) mass is 249 g/mol. The van der Waals surface area contributed by atoms with Gasteiger partial charge in [0.2, 0.25) is 0 Å². The van der Waals surface area contributed by atoms with Crippen LogP contribution >= 0.6 is 0 Å². The smallest absolute Gasteiger partial charge is 0.349 e. The second-order valence-corrected chi connectivity index (χ2v) is 4.48. The molecule has 0 radical (unpaired) electrons. The summed E-state index contributed by atoms with van der Waals surface area (Å²) in [6.45, 7) is 2.44. The zero-order chi connectivity index (χ0) is 12.2. The number of halogens is 1. The van der Waals surface area contributed by atoms with Crippen molar-refractivity contribution in [1.29, 1.82) is 0 Å². The Kier molecular flexibility index (Phi) is 3.99. The Morgan fingerprint density at radius 2 is 2.31 bits per heavy atom. The van der Waals surface area contributed by atoms with Gasteiger partial charge < -0.3 is 5.32 Å². The predicted octanol–water partition coefficient (Wildman–Crippen LogP) is 0.598. The number of hydrogen-bond donors (Lipinski definition) is 2. The second kappa shape index (κ2) is 5.06. The highest BCUT2D eigenvalue weighted by atomic mass is 32.3. The highest BCUT2D eigenvalue weighted by molar-refractivity contribution is 7.86. The van der Waals surface area contributed by atoms with E-state index in [9.17, 15) is 17.1 Å². The van der Waals surface area contributed by atoms with Crippen LogP contribution in [0.25, 0.3) is 0 Å². The predicted molar refractivity (Wildman–Crippen MR) is 54.1 cm³/mol. The van der Waals surface area contributed by atoms with Gasteiger partial charge in [0, 0.05) is 12.6 Å². The molecule has 16 heavy (non-hydrogen) atoms. The van der Waals surface area contributed by atoms with Crippen molar-refractivity contribution in [3.63, 3.8) is 0 Å². The maximum atomic E-state index is 12.5. The molecule has 0 bridgehead atoms. The number of amides is 1. The number of carbonyl (C=O) groups excluding carboxylic acids is 1. The summed E-state index contributed by atoms with van der Waals surface area (Å²) < 4.78 is 33.4. The summed E-state index contributed by atoms with van der Waals surface area (Å²) in [6, 6.07) is 0.858. The van der Waals surface area contributed by atoms with E-state index in [1.54, 1.807) is 0 Å². The average Bonchev–Trinajstić information content (AvgIpc) is 2.66. The fraction of sp³-hybridized carbons (Fsp3) is 0.500. The van der Waals surface area contributed by atoms with Crippen LogP contribution < -0.4 is 5.32 Å². The van der Waals surface area contributed by atoms with Gasteiger partial charge in [0.15, 0.2) is 10.7 Å². The summed E-state index contributed by atoms with van der Waals surface area (Å²) in [7, 11) is -4.84. The minimum absolute atomic E-state index is 0.146. The average molecular weight is 249 g/mol. The first-order valence-electron chi connectivity index (χ1n) is 4.73. The van der Waals surface area contributed by atoms with Crippen LogP contribution in [0.2, 0.25) is 0 Å². The molecule has 0 aromatic carbocycles. The van der Waals surface area contributed by atoms with Gasteiger partial charge in [-0.25, -0.2) is 0 Å². The number of rotatable bonds is 5. The Morgan fingerprint density at radius 3 is 2.81 bits per heavy atom. The van der Waals surface area contributed by atoms with Crippen molar-refractivity contribution in [1.82, 2.24) is 15.5 Å². The highest BCUT2D eigenvalue weighted by Gasteiger charge is 2.18. The lowest BCUT2D eigenvalue weighted by Gasteiger charge is -1.99. The van der Waals surface area contributed by atoms with Crippen LogP contribution in [0.1, 0.15) is 30.3 Å². The Labute approximate surface area is 92.5 Å². The Bertz CT molecular complexity index is 469. The molecule has 0 saturated heterocycles. The molecule has 1 aromatic rings. The zero-order valence-corrected chi connectivity index (χ0v) is 9.47. The molecule has 0 aliphatic carbocycles. The summed E-state index contributed by atoms with van der Waals surface area (Å²) in [6.07, 6.45) is 1.73. The number of unbranched alkanes of at least 4 members (excludes halogenated alkanes) is 1. The molecule has 1 heterocycles. The molecule has 0 spiro atoms. The third-order valence-corrected chi connectivity index (χ3v) is 2.60. The molecule has 90 valence electrons. The van der Waals surface area contributed by atoms with E-state index >= 15 is 0 Å². The third-order valence-electron chi connectivity index (χ3n) is 1.87. The van der Waals surface area contributed by atoms with Gasteiger partial charge in [0.25, 0.3) is 5.91 Å². The lowest BCUT2D eigenvalue weighted by Crippen LogP contribution is -2.24. The van der Waals surface area contributed by atoms with E-state index in [4.69, 9.17) is 0 Å². The van der Waals surface area contributed by atoms with Crippen LogP contribution in [0.3, 0.4) is 0 Å². The van der Waals surface area contributed by atoms with Crippen LogP contribution in [-0.4, -0.2) is 31.1 Å². The van der Waals surface area contributed by atoms with Crippen molar-refractivity contribution in [3.05, 3.63) is 11.8 Å². The van der Waals surface area contributed by atoms with Crippen LogP contribution in [-0.2, 0) is 10.2 Å². The molecule has 1 amide bonds. The van der Waals surface area contributed by atoms with Gasteiger partial charge in [-0.2, -0.15) is 13.5 Å². The summed E-state index contributed by atoms with van der Waals surface area (Å²) in [5.74, 6) is -0.528. The molecule has 1 aromatic heterocycles. The molecule has 0 unspecified atom stereocenters. The van der Waals surface area contributed by atoms with Crippen molar-refractivity contribution >= 4 is 16.1 Å². The van der Waals surface area contributed by atoms with Gasteiger partial charge >= 0.3 is 10.2 Å². The fourth-order valence-corrected chi connectivity index (χ4v) is 1.42. The van der Waals surface area contributed by atoms with Crippen LogP contribution in [0, 0.1) is 0 Å². The molecule has 6 nitrogen and oxygen atoms in total. The second-order valence-electron chi connectivity index (χ2n) is 3.16. The van der Waals surface area contributed by atoms with Crippen molar-refractivity contribution in [2.45, 2.75) is 24.8 Å². The molecule has 0 aliphatic rings. The molecule has 2 N–H and O–H groups in total. The molecule has 0 atom stereocenters. The molecule has 0 aliphatic heterocycles. The summed E-state index contributed by atoms with van der Waals surface area (Å²) in [5, 5.41) is 7.16. The molecule has 0 fully saturated rings. The fourth-order valence-electron chi connectivity index (χ4n) is 1.01. The minimum atomic E-state index is -4.84. The largest absolute Gasteiger partial charge is 0.351 e. The van der Waals surface area contributed by atoms with Gasteiger partial charge in [-0.15, -0.1) is 0 Å². The van der Waals surface area contributed by atoms with Crippen molar-refractivity contribution in [2.24, 2.45) is 0 Å². The maximum absolute atomic E-state index is 12.5. The Hall–Kier alpha value is -1.44. The standard InChI is InChI=1S/C8H12FN3O3S/c1-2-3-4-10-8(13)6-5-7(12-11-6)16(9,14)15/h5H,2-4H2,1H3,(H,10,13)(H,11,12). The summed E-state index contributed by atoms with van der Waals surface area (Å²) in [4.78, 5) is 11.3. The SMILES string of the molecule is CCCCNC(=O)c1cc(S(=O)(=O)F)[nH]n1. The van der Waals surface area contributed by atoms with Gasteiger partial charge in [0.1, 0.15) is 0 Å². The maximum Gasteiger partial charge on any atom is 0.349 e. The van der Waals surface area contributed by atoms with Crippen molar-refractivity contribution in [3.8, 4) is 0 Å². The third kappa shape index (κ3) is 3.30. The quantitative estimate of drug-likeness (QED) is 0.590. The topological polar surface area (TPSA) is 91.9 Å². The summed E-state index contributed by atoms with van der Waals surface area (Å²) in [5.41, 5.74) is -0.146. The van der Waals surface area contributed by atoms with E-state index in [2.05, 4.69) is 10.4 Å². The Morgan fingerprint density at radius 1 is 1.62 bits per heavy atom. The van der Waals surface area contributed by atoms with Crippen LogP contribution in [0.15, 0.2) is 11.1 Å². The van der Waals surface area contributed by atoms with Crippen LogP contribution in [0.4, 0.5) is 3.89 Å². The van der Waals surface area contributed by atoms with Gasteiger partial charge in [-0.05, 0) is 6.42 Å². The number of nitrogens with one attached hydrogen (secondary N) is 2. The van der Waals surface area contributed by atoms with Gasteiger partial charge in [-0.1, -0.05) is 17.2 Å². The number of nitrogens with zero attached hydrogens (tertiary/aromatic N) is 1. The molecule has 8 heteroatoms. The van der Waals surface area contributed by atoms with E-state index < -0.39 is 21.2 Å². The van der Waals surface area contributed by atoms with E-state index in [1.165, 1.54) is 0 Å². The van der Waals surface area contributed by atoms with Crippen LogP contribution in [0.5, 0.6) is 0 Å². The van der Waals surface area contributed by atoms with Gasteiger partial charge in [-0.3, -0.25) is 9.89 Å². The van der Waals surface area contributed by atoms with Crippen molar-refractivity contribution in [2.75, 3.05) is 6.54 Å². The number of H-pyrrole nitrogens is 1. The lowest BCUT2D eigenvalue weighted by atomic mass is 10.3. The minimum Gasteiger partial charge on any atom is -0.351 e. The van der Waals surface area contributed by atoms with E-state index in [-0.39, 0.29) is 5.69 Å². The molecular weight excluding hydrogens is 237 g/mol. The zero-order valence-electron chi connectivity index (χ0n) is 8.66. The molecule has 1 rings (SSSR count). The Balaban J connectivity index is 2.68. The lowest BCUT2D eigenvalue weighted by molar-refractivity contribution is 0.0948. The number of carbonyl (C=O) groups is 1. The first-order valence-corrected chi connectivity index (χ1v) is 6.11. The molecular formula is C8H12FN3O3S. The first-order chi connectivity index (χ1) is 7.45. The van der Waals surface area contributed by atoms with Gasteiger partial charge in [0.05, 0.1) is 0 Å². The number of hydrogen-bond acceptors (Lipinski definition) is 4. The highest BCUT2D eigenvalue weighted by Crippen LogP contribution is 2.09. The van der Waals surface area contributed by atoms with E-state index in [0.29, 0.717) is 6.54 Å². The number of aromatic amines is 1. The molecule has 0 saturated carbocycles. The normalized spacial score (nSPS) is 11.4. The first kappa shape index (κ1) is 12.6. The van der Waals surface area contributed by atoms with Crippen molar-refractivity contribution < 1.29 is 17.1 Å². The van der Waals surface area contributed by atoms with E-state index in [1.807, 2.05) is 12.0 Å². The van der Waals surface area contributed by atoms with E-state index in [0.717, 1.165) is 18.9 Å². The summed E-state index contributed by atoms with van der Waals surface area (Å²) >= 11 is 0. The number of aromatic nitrogens is 2.